The summed E-state index contributed by atoms with van der Waals surface area (Å²) in [5, 5.41) is 11.7. The van der Waals surface area contributed by atoms with E-state index in [9.17, 15) is 9.50 Å². The van der Waals surface area contributed by atoms with Gasteiger partial charge in [0.2, 0.25) is 5.88 Å². The molecule has 0 atom stereocenters. The van der Waals surface area contributed by atoms with E-state index < -0.39 is 0 Å². The lowest BCUT2D eigenvalue weighted by Gasteiger charge is -2.12. The Hall–Kier alpha value is -3.28. The number of aryl methyl sites for hydroxylation is 1. The van der Waals surface area contributed by atoms with Gasteiger partial charge in [0.25, 0.3) is 0 Å². The van der Waals surface area contributed by atoms with Gasteiger partial charge in [-0.2, -0.15) is 0 Å². The maximum absolute atomic E-state index is 13.6. The number of methoxy groups -OCH3 is 1. The number of benzene rings is 2. The Balaban J connectivity index is 2.09. The van der Waals surface area contributed by atoms with Crippen molar-refractivity contribution in [1.82, 2.24) is 9.55 Å². The minimum absolute atomic E-state index is 0.110. The van der Waals surface area contributed by atoms with Crippen molar-refractivity contribution in [2.45, 2.75) is 13.5 Å². The molecule has 2 aromatic heterocycles. The predicted molar refractivity (Wildman–Crippen MR) is 101 cm³/mol. The third kappa shape index (κ3) is 2.26. The summed E-state index contributed by atoms with van der Waals surface area (Å²) >= 11 is 0. The molecule has 132 valence electrons. The minimum Gasteiger partial charge on any atom is -0.496 e. The van der Waals surface area contributed by atoms with Gasteiger partial charge in [0.15, 0.2) is 0 Å². The van der Waals surface area contributed by atoms with Crippen LogP contribution in [0.2, 0.25) is 0 Å². The fraction of sp³-hybridized carbons (Fsp3) is 0.150. The van der Waals surface area contributed by atoms with Gasteiger partial charge in [-0.1, -0.05) is 18.2 Å². The molecular weight excluding hydrogens is 333 g/mol. The summed E-state index contributed by atoms with van der Waals surface area (Å²) in [6.07, 6.45) is 1.78. The molecule has 0 saturated carbocycles. The van der Waals surface area contributed by atoms with Crippen molar-refractivity contribution >= 4 is 27.5 Å². The molecule has 2 aromatic carbocycles. The van der Waals surface area contributed by atoms with Crippen molar-refractivity contribution in [3.05, 3.63) is 48.4 Å². The largest absolute Gasteiger partial charge is 0.496 e. The molecule has 2 heterocycles. The first kappa shape index (κ1) is 16.2. The number of nitrogens with zero attached hydrogens (tertiary/aromatic N) is 2. The zero-order valence-corrected chi connectivity index (χ0v) is 14.5. The lowest BCUT2D eigenvalue weighted by atomic mass is 9.99. The number of nitrogens with two attached hydrogens (primary N) is 1. The van der Waals surface area contributed by atoms with Gasteiger partial charge in [-0.15, -0.1) is 0 Å². The Kier molecular flexibility index (Phi) is 3.68. The van der Waals surface area contributed by atoms with E-state index in [-0.39, 0.29) is 11.7 Å². The quantitative estimate of drug-likeness (QED) is 0.577. The number of fused-ring (bicyclic) bond motifs is 2. The number of hydrogen-bond acceptors (Lipinski definition) is 4. The van der Waals surface area contributed by atoms with Gasteiger partial charge in [-0.05, 0) is 19.1 Å². The van der Waals surface area contributed by atoms with Gasteiger partial charge in [0, 0.05) is 35.3 Å². The zero-order valence-electron chi connectivity index (χ0n) is 14.5. The molecule has 0 unspecified atom stereocenters. The van der Waals surface area contributed by atoms with Crippen LogP contribution in [-0.4, -0.2) is 21.8 Å². The predicted octanol–water partition coefficient (Wildman–Crippen LogP) is 4.31. The van der Waals surface area contributed by atoms with Crippen LogP contribution < -0.4 is 10.5 Å². The van der Waals surface area contributed by atoms with Crippen LogP contribution in [0.1, 0.15) is 6.92 Å². The molecule has 0 fully saturated rings. The molecule has 4 aromatic rings. The van der Waals surface area contributed by atoms with Crippen LogP contribution in [0.5, 0.6) is 11.6 Å². The highest BCUT2D eigenvalue weighted by Gasteiger charge is 2.18. The van der Waals surface area contributed by atoms with Crippen LogP contribution in [0.3, 0.4) is 0 Å². The van der Waals surface area contributed by atoms with E-state index in [0.717, 1.165) is 16.5 Å². The zero-order chi connectivity index (χ0) is 18.4. The van der Waals surface area contributed by atoms with Gasteiger partial charge < -0.3 is 20.1 Å². The molecule has 0 aliphatic rings. The third-order valence-corrected chi connectivity index (χ3v) is 4.65. The number of nitrogen functional groups attached to an aromatic ring is 1. The van der Waals surface area contributed by atoms with Crippen molar-refractivity contribution in [3.63, 3.8) is 0 Å². The molecule has 0 aliphatic heterocycles. The third-order valence-electron chi connectivity index (χ3n) is 4.65. The van der Waals surface area contributed by atoms with Crippen molar-refractivity contribution in [2.24, 2.45) is 0 Å². The van der Waals surface area contributed by atoms with Gasteiger partial charge >= 0.3 is 0 Å². The summed E-state index contributed by atoms with van der Waals surface area (Å²) in [5.74, 6) is 0.164. The maximum atomic E-state index is 13.6. The van der Waals surface area contributed by atoms with E-state index in [1.807, 2.05) is 25.1 Å². The van der Waals surface area contributed by atoms with Crippen molar-refractivity contribution in [3.8, 4) is 22.8 Å². The maximum Gasteiger partial charge on any atom is 0.202 e. The Morgan fingerprint density at radius 1 is 1.23 bits per heavy atom. The Morgan fingerprint density at radius 2 is 2.04 bits per heavy atom. The number of aromatic nitrogens is 2. The second-order valence-corrected chi connectivity index (χ2v) is 6.07. The smallest absolute Gasteiger partial charge is 0.202 e. The van der Waals surface area contributed by atoms with Gasteiger partial charge in [-0.3, -0.25) is 0 Å². The topological polar surface area (TPSA) is 73.3 Å². The first-order chi connectivity index (χ1) is 12.5. The fourth-order valence-corrected chi connectivity index (χ4v) is 3.36. The Labute approximate surface area is 149 Å². The minimum atomic E-state index is -0.370. The highest BCUT2D eigenvalue weighted by Crippen LogP contribution is 2.40. The molecule has 3 N–H and O–H groups in total. The molecule has 0 bridgehead atoms. The van der Waals surface area contributed by atoms with Crippen LogP contribution in [0.25, 0.3) is 32.9 Å². The number of ether oxygens (including phenoxy) is 1. The van der Waals surface area contributed by atoms with Gasteiger partial charge in [0.1, 0.15) is 11.6 Å². The van der Waals surface area contributed by atoms with Crippen LogP contribution in [0.15, 0.2) is 42.6 Å². The lowest BCUT2D eigenvalue weighted by Crippen LogP contribution is -1.95. The van der Waals surface area contributed by atoms with E-state index in [4.69, 9.17) is 15.5 Å². The van der Waals surface area contributed by atoms with Crippen molar-refractivity contribution in [2.75, 3.05) is 12.8 Å². The molecule has 4 rings (SSSR count). The SMILES string of the molecule is CCn1cc2nc3c(-c4ccc(F)cc4OC)cccc3c(N)c2c1O. The molecule has 0 aliphatic carbocycles. The molecular formula is C20H18FN3O2. The summed E-state index contributed by atoms with van der Waals surface area (Å²) < 4.78 is 20.6. The normalized spacial score (nSPS) is 11.3. The van der Waals surface area contributed by atoms with Crippen molar-refractivity contribution < 1.29 is 14.2 Å². The van der Waals surface area contributed by atoms with Crippen LogP contribution in [-0.2, 0) is 6.54 Å². The average Bonchev–Trinajstić information content (AvgIpc) is 2.97. The van der Waals surface area contributed by atoms with Crippen LogP contribution in [0.4, 0.5) is 10.1 Å². The number of halogens is 1. The molecule has 26 heavy (non-hydrogen) atoms. The number of hydrogen-bond donors (Lipinski definition) is 2. The van der Waals surface area contributed by atoms with E-state index in [0.29, 0.717) is 34.4 Å². The standard InChI is InChI=1S/C20H18FN3O2/c1-3-24-10-15-17(20(24)25)18(22)14-6-4-5-13(19(14)23-15)12-8-7-11(21)9-16(12)26-2/h4-10,25H,3,22H2,1-2H3. The second-order valence-electron chi connectivity index (χ2n) is 6.07. The highest BCUT2D eigenvalue weighted by molar-refractivity contribution is 6.12. The summed E-state index contributed by atoms with van der Waals surface area (Å²) in [6, 6.07) is 10.0. The van der Waals surface area contributed by atoms with E-state index in [2.05, 4.69) is 0 Å². The molecule has 0 saturated heterocycles. The first-order valence-electron chi connectivity index (χ1n) is 8.29. The Morgan fingerprint density at radius 3 is 2.77 bits per heavy atom. The summed E-state index contributed by atoms with van der Waals surface area (Å²) in [7, 11) is 1.50. The Bertz CT molecular complexity index is 1150. The number of rotatable bonds is 3. The number of anilines is 1. The number of aromatic hydroxyl groups is 1. The van der Waals surface area contributed by atoms with Gasteiger partial charge in [0.05, 0.1) is 29.2 Å². The van der Waals surface area contributed by atoms with Crippen LogP contribution >= 0.6 is 0 Å². The molecule has 5 nitrogen and oxygen atoms in total. The fourth-order valence-electron chi connectivity index (χ4n) is 3.36. The molecule has 6 heteroatoms. The summed E-state index contributed by atoms with van der Waals surface area (Å²) in [6.45, 7) is 2.54. The lowest BCUT2D eigenvalue weighted by molar-refractivity contribution is 0.413. The van der Waals surface area contributed by atoms with E-state index >= 15 is 0 Å². The molecule has 0 spiro atoms. The first-order valence-corrected chi connectivity index (χ1v) is 8.29. The highest BCUT2D eigenvalue weighted by atomic mass is 19.1. The average molecular weight is 351 g/mol. The number of para-hydroxylation sites is 1. The molecule has 0 amide bonds. The summed E-state index contributed by atoms with van der Waals surface area (Å²) in [5.41, 5.74) is 9.64. The summed E-state index contributed by atoms with van der Waals surface area (Å²) in [4.78, 5) is 4.73. The van der Waals surface area contributed by atoms with E-state index in [1.165, 1.54) is 19.2 Å². The molecule has 0 radical (unpaired) electrons. The van der Waals surface area contributed by atoms with Crippen LogP contribution in [0, 0.1) is 5.82 Å². The van der Waals surface area contributed by atoms with E-state index in [1.54, 1.807) is 16.8 Å². The second kappa shape index (κ2) is 5.91. The monoisotopic (exact) mass is 351 g/mol. The van der Waals surface area contributed by atoms with Crippen molar-refractivity contribution in [1.29, 1.82) is 0 Å². The number of pyridine rings is 1. The van der Waals surface area contributed by atoms with Gasteiger partial charge in [-0.25, -0.2) is 9.37 Å².